The van der Waals surface area contributed by atoms with Gasteiger partial charge in [-0.25, -0.2) is 0 Å². The molecule has 0 N–H and O–H groups in total. The lowest BCUT2D eigenvalue weighted by Crippen LogP contribution is -2.36. The Labute approximate surface area is 133 Å². The molecule has 0 atom stereocenters. The van der Waals surface area contributed by atoms with E-state index in [9.17, 15) is 9.59 Å². The smallest absolute Gasteiger partial charge is 0.307 e. The minimum atomic E-state index is -0.325. The lowest BCUT2D eigenvalue weighted by atomic mass is 10.1. The quantitative estimate of drug-likeness (QED) is 0.668. The van der Waals surface area contributed by atoms with Gasteiger partial charge in [0.05, 0.1) is 26.6 Å². The molecular weight excluding hydrogens is 338 g/mol. The van der Waals surface area contributed by atoms with Gasteiger partial charge in [0.1, 0.15) is 0 Å². The largest absolute Gasteiger partial charge is 0.469 e. The predicted molar refractivity (Wildman–Crippen MR) is 82.9 cm³/mol. The summed E-state index contributed by atoms with van der Waals surface area (Å²) >= 11 is 3.36. The van der Waals surface area contributed by atoms with Crippen LogP contribution in [0.1, 0.15) is 12.0 Å². The number of benzene rings is 1. The van der Waals surface area contributed by atoms with Gasteiger partial charge in [0.25, 0.3) is 0 Å². The Kier molecular flexibility index (Phi) is 8.00. The van der Waals surface area contributed by atoms with Crippen LogP contribution in [-0.2, 0) is 25.5 Å². The first-order valence-corrected chi connectivity index (χ1v) is 7.44. The van der Waals surface area contributed by atoms with Gasteiger partial charge in [-0.15, -0.1) is 0 Å². The molecule has 0 aliphatic heterocycles. The zero-order valence-corrected chi connectivity index (χ0v) is 13.9. The number of halogens is 1. The summed E-state index contributed by atoms with van der Waals surface area (Å²) < 4.78 is 10.6. The second kappa shape index (κ2) is 9.52. The van der Waals surface area contributed by atoms with Crippen molar-refractivity contribution in [2.24, 2.45) is 0 Å². The molecule has 1 aromatic carbocycles. The molecule has 0 heterocycles. The first-order valence-electron chi connectivity index (χ1n) is 6.64. The van der Waals surface area contributed by atoms with Crippen LogP contribution < -0.4 is 0 Å². The highest BCUT2D eigenvalue weighted by Crippen LogP contribution is 2.12. The average Bonchev–Trinajstić information content (AvgIpc) is 2.49. The summed E-state index contributed by atoms with van der Waals surface area (Å²) in [5.74, 6) is -0.355. The summed E-state index contributed by atoms with van der Waals surface area (Å²) in [6, 6.07) is 7.60. The van der Waals surface area contributed by atoms with Crippen molar-refractivity contribution in [2.75, 3.05) is 33.9 Å². The summed E-state index contributed by atoms with van der Waals surface area (Å²) in [4.78, 5) is 25.2. The molecule has 0 bridgehead atoms. The van der Waals surface area contributed by atoms with Crippen LogP contribution in [0.3, 0.4) is 0 Å². The maximum absolute atomic E-state index is 12.3. The maximum Gasteiger partial charge on any atom is 0.307 e. The Morgan fingerprint density at radius 1 is 1.14 bits per heavy atom. The number of hydrogen-bond donors (Lipinski definition) is 0. The molecular formula is C15H20BrNO4. The number of rotatable bonds is 8. The molecule has 0 spiro atoms. The van der Waals surface area contributed by atoms with Crippen LogP contribution in [0.2, 0.25) is 0 Å². The zero-order chi connectivity index (χ0) is 15.7. The molecule has 5 nitrogen and oxygen atoms in total. The fourth-order valence-electron chi connectivity index (χ4n) is 1.78. The van der Waals surface area contributed by atoms with E-state index in [1.165, 1.54) is 7.11 Å². The second-order valence-electron chi connectivity index (χ2n) is 4.50. The highest BCUT2D eigenvalue weighted by molar-refractivity contribution is 9.10. The van der Waals surface area contributed by atoms with E-state index in [1.54, 1.807) is 12.0 Å². The summed E-state index contributed by atoms with van der Waals surface area (Å²) in [7, 11) is 2.92. The number of esters is 1. The molecule has 1 aromatic rings. The van der Waals surface area contributed by atoms with Crippen molar-refractivity contribution < 1.29 is 19.1 Å². The van der Waals surface area contributed by atoms with Gasteiger partial charge in [0, 0.05) is 24.7 Å². The number of amides is 1. The number of hydrogen-bond acceptors (Lipinski definition) is 4. The molecule has 21 heavy (non-hydrogen) atoms. The molecule has 0 saturated heterocycles. The first kappa shape index (κ1) is 17.7. The lowest BCUT2D eigenvalue weighted by molar-refractivity contribution is -0.141. The van der Waals surface area contributed by atoms with Crippen molar-refractivity contribution in [3.05, 3.63) is 34.3 Å². The van der Waals surface area contributed by atoms with Gasteiger partial charge in [0.15, 0.2) is 0 Å². The summed E-state index contributed by atoms with van der Waals surface area (Å²) in [6.45, 7) is 1.24. The van der Waals surface area contributed by atoms with E-state index in [0.717, 1.165) is 10.0 Å². The van der Waals surface area contributed by atoms with E-state index in [2.05, 4.69) is 20.7 Å². The van der Waals surface area contributed by atoms with Crippen LogP contribution in [0.4, 0.5) is 0 Å². The molecule has 116 valence electrons. The van der Waals surface area contributed by atoms with Crippen LogP contribution in [0.15, 0.2) is 28.7 Å². The zero-order valence-electron chi connectivity index (χ0n) is 12.3. The van der Waals surface area contributed by atoms with E-state index in [0.29, 0.717) is 26.1 Å². The highest BCUT2D eigenvalue weighted by Gasteiger charge is 2.15. The topological polar surface area (TPSA) is 55.8 Å². The lowest BCUT2D eigenvalue weighted by Gasteiger charge is -2.22. The molecule has 0 aliphatic rings. The van der Waals surface area contributed by atoms with Crippen LogP contribution in [-0.4, -0.2) is 50.7 Å². The van der Waals surface area contributed by atoms with Gasteiger partial charge in [0.2, 0.25) is 5.91 Å². The molecule has 1 rings (SSSR count). The number of methoxy groups -OCH3 is 2. The normalized spacial score (nSPS) is 10.2. The van der Waals surface area contributed by atoms with E-state index in [4.69, 9.17) is 4.74 Å². The minimum absolute atomic E-state index is 0.0294. The van der Waals surface area contributed by atoms with Crippen molar-refractivity contribution in [2.45, 2.75) is 12.8 Å². The molecule has 0 fully saturated rings. The van der Waals surface area contributed by atoms with Gasteiger partial charge in [-0.2, -0.15) is 0 Å². The predicted octanol–water partition coefficient (Wildman–Crippen LogP) is 2.03. The molecule has 0 unspecified atom stereocenters. The van der Waals surface area contributed by atoms with Crippen molar-refractivity contribution >= 4 is 27.8 Å². The van der Waals surface area contributed by atoms with Crippen LogP contribution >= 0.6 is 15.9 Å². The van der Waals surface area contributed by atoms with Gasteiger partial charge in [-0.3, -0.25) is 9.59 Å². The van der Waals surface area contributed by atoms with Gasteiger partial charge in [-0.1, -0.05) is 28.1 Å². The van der Waals surface area contributed by atoms with E-state index < -0.39 is 0 Å². The number of carbonyl (C=O) groups is 2. The monoisotopic (exact) mass is 357 g/mol. The van der Waals surface area contributed by atoms with Gasteiger partial charge < -0.3 is 14.4 Å². The van der Waals surface area contributed by atoms with Crippen molar-refractivity contribution in [3.8, 4) is 0 Å². The fourth-order valence-corrected chi connectivity index (χ4v) is 2.04. The standard InChI is InChI=1S/C15H20BrNO4/c1-20-10-9-17(8-7-15(19)21-2)14(18)11-12-3-5-13(16)6-4-12/h3-6H,7-11H2,1-2H3. The molecule has 0 saturated carbocycles. The van der Waals surface area contributed by atoms with Crippen LogP contribution in [0, 0.1) is 0 Å². The number of ether oxygens (including phenoxy) is 2. The van der Waals surface area contributed by atoms with Gasteiger partial charge in [-0.05, 0) is 17.7 Å². The molecule has 1 amide bonds. The van der Waals surface area contributed by atoms with E-state index >= 15 is 0 Å². The summed E-state index contributed by atoms with van der Waals surface area (Å²) in [5, 5.41) is 0. The van der Waals surface area contributed by atoms with Crippen molar-refractivity contribution in [1.82, 2.24) is 4.90 Å². The van der Waals surface area contributed by atoms with Crippen LogP contribution in [0.5, 0.6) is 0 Å². The minimum Gasteiger partial charge on any atom is -0.469 e. The Bertz CT molecular complexity index is 461. The molecule has 0 aliphatic carbocycles. The van der Waals surface area contributed by atoms with Crippen molar-refractivity contribution in [1.29, 1.82) is 0 Å². The third-order valence-corrected chi connectivity index (χ3v) is 3.53. The Balaban J connectivity index is 2.60. The Hall–Kier alpha value is -1.40. The Morgan fingerprint density at radius 2 is 1.81 bits per heavy atom. The summed E-state index contributed by atoms with van der Waals surface area (Å²) in [6.07, 6.45) is 0.491. The maximum atomic E-state index is 12.3. The second-order valence-corrected chi connectivity index (χ2v) is 5.42. The van der Waals surface area contributed by atoms with E-state index in [1.807, 2.05) is 24.3 Å². The third kappa shape index (κ3) is 6.73. The van der Waals surface area contributed by atoms with Gasteiger partial charge >= 0.3 is 5.97 Å². The Morgan fingerprint density at radius 3 is 2.38 bits per heavy atom. The molecule has 6 heteroatoms. The SMILES string of the molecule is COCCN(CCC(=O)OC)C(=O)Cc1ccc(Br)cc1. The summed E-state index contributed by atoms with van der Waals surface area (Å²) in [5.41, 5.74) is 0.934. The van der Waals surface area contributed by atoms with E-state index in [-0.39, 0.29) is 18.3 Å². The van der Waals surface area contributed by atoms with Crippen molar-refractivity contribution in [3.63, 3.8) is 0 Å². The molecule has 0 aromatic heterocycles. The molecule has 0 radical (unpaired) electrons. The highest BCUT2D eigenvalue weighted by atomic mass is 79.9. The third-order valence-electron chi connectivity index (χ3n) is 3.00. The van der Waals surface area contributed by atoms with Crippen LogP contribution in [0.25, 0.3) is 0 Å². The fraction of sp³-hybridized carbons (Fsp3) is 0.467. The first-order chi connectivity index (χ1) is 10.1. The number of carbonyl (C=O) groups excluding carboxylic acids is 2. The number of nitrogens with zero attached hydrogens (tertiary/aromatic N) is 1. The average molecular weight is 358 g/mol.